The van der Waals surface area contributed by atoms with Crippen molar-refractivity contribution in [3.8, 4) is 0 Å². The van der Waals surface area contributed by atoms with E-state index in [0.29, 0.717) is 0 Å². The van der Waals surface area contributed by atoms with Crippen LogP contribution in [-0.2, 0) is 10.8 Å². The molecule has 1 atom stereocenters. The van der Waals surface area contributed by atoms with Crippen LogP contribution in [-0.4, -0.2) is 14.9 Å². The Morgan fingerprint density at radius 3 is 2.57 bits per heavy atom. The first-order valence-corrected chi connectivity index (χ1v) is 11.3. The molecule has 0 bridgehead atoms. The van der Waals surface area contributed by atoms with Gasteiger partial charge in [0.1, 0.15) is 0 Å². The van der Waals surface area contributed by atoms with E-state index in [1.807, 2.05) is 0 Å². The highest BCUT2D eigenvalue weighted by Gasteiger charge is 2.39. The summed E-state index contributed by atoms with van der Waals surface area (Å²) >= 11 is 3.54. The lowest BCUT2D eigenvalue weighted by Crippen LogP contribution is -2.43. The molecule has 0 N–H and O–H groups in total. The van der Waals surface area contributed by atoms with E-state index in [1.54, 1.807) is 0 Å². The molecule has 0 heterocycles. The van der Waals surface area contributed by atoms with E-state index in [2.05, 4.69) is 87.1 Å². The van der Waals surface area contributed by atoms with Crippen LogP contribution in [0.4, 0.5) is 0 Å². The van der Waals surface area contributed by atoms with Crippen LogP contribution in [0.1, 0.15) is 38.8 Å². The zero-order valence-electron chi connectivity index (χ0n) is 14.1. The number of hydrogen-bond acceptors (Lipinski definition) is 1. The standard InChI is InChI=1S/C18H27BrOSi/c1-17(2,3)21(5,6)20-13-18(4)10-9-14-11-16(19)8-7-15(14)12-18/h7-11H,12-13H2,1-6H3. The lowest BCUT2D eigenvalue weighted by atomic mass is 9.78. The molecular weight excluding hydrogens is 340 g/mol. The van der Waals surface area contributed by atoms with E-state index in [-0.39, 0.29) is 10.5 Å². The third-order valence-corrected chi connectivity index (χ3v) is 9.91. The van der Waals surface area contributed by atoms with Crippen LogP contribution in [0.2, 0.25) is 18.1 Å². The number of fused-ring (bicyclic) bond motifs is 1. The first-order valence-electron chi connectivity index (χ1n) is 7.64. The van der Waals surface area contributed by atoms with E-state index in [4.69, 9.17) is 4.43 Å². The highest BCUT2D eigenvalue weighted by molar-refractivity contribution is 9.10. The Kier molecular flexibility index (Phi) is 4.59. The second-order valence-corrected chi connectivity index (χ2v) is 13.8. The number of hydrogen-bond donors (Lipinski definition) is 0. The van der Waals surface area contributed by atoms with Gasteiger partial charge < -0.3 is 4.43 Å². The average molecular weight is 367 g/mol. The molecule has 1 aromatic carbocycles. The van der Waals surface area contributed by atoms with E-state index in [9.17, 15) is 0 Å². The van der Waals surface area contributed by atoms with Crippen LogP contribution in [0.5, 0.6) is 0 Å². The largest absolute Gasteiger partial charge is 0.416 e. The number of rotatable bonds is 3. The summed E-state index contributed by atoms with van der Waals surface area (Å²) < 4.78 is 7.60. The van der Waals surface area contributed by atoms with Gasteiger partial charge in [0.05, 0.1) is 0 Å². The summed E-state index contributed by atoms with van der Waals surface area (Å²) in [7, 11) is -1.68. The predicted octanol–water partition coefficient (Wildman–Crippen LogP) is 6.05. The van der Waals surface area contributed by atoms with Gasteiger partial charge in [0, 0.05) is 16.5 Å². The zero-order valence-corrected chi connectivity index (χ0v) is 16.7. The fraction of sp³-hybridized carbons (Fsp3) is 0.556. The second kappa shape index (κ2) is 5.67. The summed E-state index contributed by atoms with van der Waals surface area (Å²) in [6.45, 7) is 14.7. The van der Waals surface area contributed by atoms with Crippen LogP contribution >= 0.6 is 15.9 Å². The second-order valence-electron chi connectivity index (χ2n) is 8.06. The Hall–Kier alpha value is -0.383. The fourth-order valence-corrected chi connectivity index (χ4v) is 3.83. The van der Waals surface area contributed by atoms with Crippen molar-refractivity contribution in [2.45, 2.75) is 52.2 Å². The number of benzene rings is 1. The smallest absolute Gasteiger partial charge is 0.192 e. The molecule has 0 radical (unpaired) electrons. The van der Waals surface area contributed by atoms with Gasteiger partial charge in [-0.3, -0.25) is 0 Å². The Bertz CT molecular complexity index is 557. The molecule has 21 heavy (non-hydrogen) atoms. The molecule has 1 nitrogen and oxygen atoms in total. The van der Waals surface area contributed by atoms with Crippen molar-refractivity contribution in [2.75, 3.05) is 6.61 Å². The van der Waals surface area contributed by atoms with Gasteiger partial charge in [0.2, 0.25) is 0 Å². The summed E-state index contributed by atoms with van der Waals surface area (Å²) in [4.78, 5) is 0. The lowest BCUT2D eigenvalue weighted by Gasteiger charge is -2.40. The van der Waals surface area contributed by atoms with Crippen molar-refractivity contribution in [1.82, 2.24) is 0 Å². The Labute approximate surface area is 139 Å². The lowest BCUT2D eigenvalue weighted by molar-refractivity contribution is 0.187. The molecule has 0 saturated carbocycles. The van der Waals surface area contributed by atoms with Gasteiger partial charge in [-0.05, 0) is 47.8 Å². The van der Waals surface area contributed by atoms with Gasteiger partial charge in [-0.2, -0.15) is 0 Å². The van der Waals surface area contributed by atoms with Crippen molar-refractivity contribution in [2.24, 2.45) is 5.41 Å². The van der Waals surface area contributed by atoms with Crippen molar-refractivity contribution >= 4 is 30.3 Å². The minimum Gasteiger partial charge on any atom is -0.416 e. The molecule has 0 saturated heterocycles. The van der Waals surface area contributed by atoms with Crippen molar-refractivity contribution < 1.29 is 4.43 Å². The molecule has 0 amide bonds. The highest BCUT2D eigenvalue weighted by Crippen LogP contribution is 2.39. The summed E-state index contributed by atoms with van der Waals surface area (Å²) in [6, 6.07) is 6.56. The molecular formula is C18H27BrOSi. The molecule has 0 aliphatic heterocycles. The highest BCUT2D eigenvalue weighted by atomic mass is 79.9. The molecule has 0 fully saturated rings. The van der Waals surface area contributed by atoms with Gasteiger partial charge in [0.25, 0.3) is 0 Å². The third kappa shape index (κ3) is 3.88. The molecule has 1 unspecified atom stereocenters. The minimum absolute atomic E-state index is 0.107. The normalized spacial score (nSPS) is 22.2. The quantitative estimate of drug-likeness (QED) is 0.591. The van der Waals surface area contributed by atoms with Gasteiger partial charge in [-0.25, -0.2) is 0 Å². The van der Waals surface area contributed by atoms with E-state index < -0.39 is 8.32 Å². The van der Waals surface area contributed by atoms with Crippen LogP contribution in [0.15, 0.2) is 28.7 Å². The van der Waals surface area contributed by atoms with Crippen LogP contribution < -0.4 is 0 Å². The van der Waals surface area contributed by atoms with Crippen molar-refractivity contribution in [1.29, 1.82) is 0 Å². The molecule has 2 rings (SSSR count). The van der Waals surface area contributed by atoms with Crippen LogP contribution in [0.25, 0.3) is 6.08 Å². The Morgan fingerprint density at radius 2 is 1.95 bits per heavy atom. The maximum atomic E-state index is 6.45. The zero-order chi connectivity index (χ0) is 15.9. The van der Waals surface area contributed by atoms with Gasteiger partial charge in [-0.15, -0.1) is 0 Å². The minimum atomic E-state index is -1.68. The SMILES string of the molecule is CC1(CO[Si](C)(C)C(C)(C)C)C=Cc2cc(Br)ccc2C1. The van der Waals surface area contributed by atoms with Crippen molar-refractivity contribution in [3.05, 3.63) is 39.9 Å². The molecule has 0 spiro atoms. The van der Waals surface area contributed by atoms with E-state index >= 15 is 0 Å². The molecule has 116 valence electrons. The summed E-state index contributed by atoms with van der Waals surface area (Å²) in [5.41, 5.74) is 2.85. The predicted molar refractivity (Wildman–Crippen MR) is 98.1 cm³/mol. The maximum absolute atomic E-state index is 6.45. The molecule has 1 aliphatic rings. The molecule has 1 aliphatic carbocycles. The fourth-order valence-electron chi connectivity index (χ4n) is 2.33. The first kappa shape index (κ1) is 17.0. The van der Waals surface area contributed by atoms with Crippen LogP contribution in [0.3, 0.4) is 0 Å². The van der Waals surface area contributed by atoms with Crippen molar-refractivity contribution in [3.63, 3.8) is 0 Å². The Balaban J connectivity index is 2.11. The summed E-state index contributed by atoms with van der Waals surface area (Å²) in [6.07, 6.45) is 5.63. The average Bonchev–Trinajstić information content (AvgIpc) is 2.36. The maximum Gasteiger partial charge on any atom is 0.192 e. The number of halogens is 1. The summed E-state index contributed by atoms with van der Waals surface area (Å²) in [5, 5.41) is 0.268. The monoisotopic (exact) mass is 366 g/mol. The molecule has 1 aromatic rings. The summed E-state index contributed by atoms with van der Waals surface area (Å²) in [5.74, 6) is 0. The first-order chi connectivity index (χ1) is 9.52. The van der Waals surface area contributed by atoms with E-state index in [0.717, 1.165) is 17.5 Å². The van der Waals surface area contributed by atoms with E-state index in [1.165, 1.54) is 11.1 Å². The Morgan fingerprint density at radius 1 is 1.29 bits per heavy atom. The molecule has 0 aromatic heterocycles. The molecule has 3 heteroatoms. The third-order valence-electron chi connectivity index (χ3n) is 4.94. The van der Waals surface area contributed by atoms with Crippen LogP contribution in [0, 0.1) is 5.41 Å². The topological polar surface area (TPSA) is 9.23 Å². The van der Waals surface area contributed by atoms with Gasteiger partial charge >= 0.3 is 0 Å². The van der Waals surface area contributed by atoms with Gasteiger partial charge in [0.15, 0.2) is 8.32 Å². The van der Waals surface area contributed by atoms with Gasteiger partial charge in [-0.1, -0.05) is 61.8 Å².